The van der Waals surface area contributed by atoms with E-state index in [0.29, 0.717) is 27.6 Å². The second-order valence-corrected chi connectivity index (χ2v) is 7.95. The average Bonchev–Trinajstić information content (AvgIpc) is 3.42. The first kappa shape index (κ1) is 19.2. The summed E-state index contributed by atoms with van der Waals surface area (Å²) in [5, 5.41) is 4.97. The van der Waals surface area contributed by atoms with Crippen molar-refractivity contribution in [3.8, 4) is 16.8 Å². The molecule has 1 amide bonds. The molecule has 4 aromatic rings. The Bertz CT molecular complexity index is 1340. The Balaban J connectivity index is 1.43. The molecular formula is C24H21FN4O2. The fraction of sp³-hybridized carbons (Fsp3) is 0.208. The van der Waals surface area contributed by atoms with Crippen LogP contribution in [0.3, 0.4) is 0 Å². The molecule has 1 fully saturated rings. The SMILES string of the molecule is C[C@@H]1CCCN1C(=O)c1ccc(-n2cc(-c3cc4cc(F)ccc4[nH]c3=O)cn2)cc1. The normalized spacial score (nSPS) is 16.2. The van der Waals surface area contributed by atoms with E-state index in [-0.39, 0.29) is 23.3 Å². The van der Waals surface area contributed by atoms with Crippen molar-refractivity contribution in [2.75, 3.05) is 6.54 Å². The molecule has 0 spiro atoms. The third kappa shape index (κ3) is 3.52. The van der Waals surface area contributed by atoms with Crippen molar-refractivity contribution in [3.05, 3.63) is 82.7 Å². The van der Waals surface area contributed by atoms with Gasteiger partial charge in [0, 0.05) is 40.8 Å². The molecule has 0 aliphatic carbocycles. The molecule has 31 heavy (non-hydrogen) atoms. The zero-order valence-corrected chi connectivity index (χ0v) is 17.0. The van der Waals surface area contributed by atoms with Crippen LogP contribution in [0.4, 0.5) is 4.39 Å². The summed E-state index contributed by atoms with van der Waals surface area (Å²) < 4.78 is 15.2. The van der Waals surface area contributed by atoms with E-state index in [0.717, 1.165) is 25.1 Å². The van der Waals surface area contributed by atoms with Gasteiger partial charge in [0.1, 0.15) is 5.82 Å². The van der Waals surface area contributed by atoms with Crippen LogP contribution in [0, 0.1) is 5.82 Å². The van der Waals surface area contributed by atoms with Gasteiger partial charge in [-0.25, -0.2) is 9.07 Å². The maximum absolute atomic E-state index is 13.6. The van der Waals surface area contributed by atoms with E-state index < -0.39 is 0 Å². The third-order valence-corrected chi connectivity index (χ3v) is 5.89. The fourth-order valence-electron chi connectivity index (χ4n) is 4.15. The predicted octanol–water partition coefficient (Wildman–Crippen LogP) is 4.14. The number of pyridine rings is 1. The van der Waals surface area contributed by atoms with Crippen molar-refractivity contribution in [3.63, 3.8) is 0 Å². The Morgan fingerprint density at radius 1 is 1.16 bits per heavy atom. The van der Waals surface area contributed by atoms with E-state index in [1.807, 2.05) is 17.0 Å². The molecule has 6 nitrogen and oxygen atoms in total. The minimum atomic E-state index is -0.362. The quantitative estimate of drug-likeness (QED) is 0.546. The molecular weight excluding hydrogens is 395 g/mol. The van der Waals surface area contributed by atoms with Crippen LogP contribution in [0.1, 0.15) is 30.1 Å². The average molecular weight is 416 g/mol. The lowest BCUT2D eigenvalue weighted by atomic mass is 10.1. The molecule has 1 aliphatic rings. The summed E-state index contributed by atoms with van der Waals surface area (Å²) in [6, 6.07) is 13.5. The lowest BCUT2D eigenvalue weighted by Gasteiger charge is -2.21. The van der Waals surface area contributed by atoms with Gasteiger partial charge in [-0.1, -0.05) is 0 Å². The van der Waals surface area contributed by atoms with E-state index in [1.165, 1.54) is 12.1 Å². The predicted molar refractivity (Wildman–Crippen MR) is 117 cm³/mol. The number of nitrogens with one attached hydrogen (secondary N) is 1. The first-order chi connectivity index (χ1) is 15.0. The summed E-state index contributed by atoms with van der Waals surface area (Å²) in [5.74, 6) is -0.313. The van der Waals surface area contributed by atoms with Crippen molar-refractivity contribution >= 4 is 16.8 Å². The summed E-state index contributed by atoms with van der Waals surface area (Å²) in [6.45, 7) is 2.88. The molecule has 2 aromatic heterocycles. The second kappa shape index (κ2) is 7.50. The van der Waals surface area contributed by atoms with E-state index >= 15 is 0 Å². The van der Waals surface area contributed by atoms with Gasteiger partial charge in [-0.05, 0) is 68.3 Å². The highest BCUT2D eigenvalue weighted by atomic mass is 19.1. The van der Waals surface area contributed by atoms with Crippen LogP contribution >= 0.6 is 0 Å². The van der Waals surface area contributed by atoms with E-state index in [4.69, 9.17) is 0 Å². The summed E-state index contributed by atoms with van der Waals surface area (Å²) >= 11 is 0. The van der Waals surface area contributed by atoms with E-state index in [2.05, 4.69) is 17.0 Å². The van der Waals surface area contributed by atoms with Crippen LogP contribution in [0.2, 0.25) is 0 Å². The van der Waals surface area contributed by atoms with Crippen molar-refractivity contribution < 1.29 is 9.18 Å². The number of aromatic nitrogens is 3. The Morgan fingerprint density at radius 2 is 1.97 bits per heavy atom. The molecule has 1 aliphatic heterocycles. The molecule has 2 aromatic carbocycles. The Kier molecular flexibility index (Phi) is 4.66. The molecule has 1 N–H and O–H groups in total. The summed E-state index contributed by atoms with van der Waals surface area (Å²) in [5.41, 5.74) is 2.78. The summed E-state index contributed by atoms with van der Waals surface area (Å²) in [4.78, 5) is 29.9. The van der Waals surface area contributed by atoms with Gasteiger partial charge in [0.2, 0.25) is 0 Å². The topological polar surface area (TPSA) is 71.0 Å². The monoisotopic (exact) mass is 416 g/mol. The van der Waals surface area contributed by atoms with Gasteiger partial charge < -0.3 is 9.88 Å². The van der Waals surface area contributed by atoms with Crippen LogP contribution in [-0.4, -0.2) is 38.2 Å². The smallest absolute Gasteiger partial charge is 0.256 e. The molecule has 1 atom stereocenters. The number of benzene rings is 2. The Hall–Kier alpha value is -3.74. The number of likely N-dealkylation sites (tertiary alicyclic amines) is 1. The van der Waals surface area contributed by atoms with Crippen LogP contribution in [0.5, 0.6) is 0 Å². The molecule has 3 heterocycles. The number of nitrogens with zero attached hydrogens (tertiary/aromatic N) is 3. The number of fused-ring (bicyclic) bond motifs is 1. The number of hydrogen-bond donors (Lipinski definition) is 1. The molecule has 0 saturated carbocycles. The van der Waals surface area contributed by atoms with Gasteiger partial charge in [-0.3, -0.25) is 9.59 Å². The third-order valence-electron chi connectivity index (χ3n) is 5.89. The Morgan fingerprint density at radius 3 is 2.71 bits per heavy atom. The number of rotatable bonds is 3. The molecule has 0 unspecified atom stereocenters. The van der Waals surface area contributed by atoms with Gasteiger partial charge in [0.05, 0.1) is 17.4 Å². The van der Waals surface area contributed by atoms with Crippen LogP contribution in [-0.2, 0) is 0 Å². The highest BCUT2D eigenvalue weighted by Crippen LogP contribution is 2.23. The number of carbonyl (C=O) groups excluding carboxylic acids is 1. The van der Waals surface area contributed by atoms with Crippen molar-refractivity contribution in [2.24, 2.45) is 0 Å². The summed E-state index contributed by atoms with van der Waals surface area (Å²) in [6.07, 6.45) is 5.43. The maximum atomic E-state index is 13.6. The van der Waals surface area contributed by atoms with Crippen molar-refractivity contribution in [2.45, 2.75) is 25.8 Å². The summed E-state index contributed by atoms with van der Waals surface area (Å²) in [7, 11) is 0. The molecule has 1 saturated heterocycles. The fourth-order valence-corrected chi connectivity index (χ4v) is 4.15. The van der Waals surface area contributed by atoms with Gasteiger partial charge in [-0.15, -0.1) is 0 Å². The minimum Gasteiger partial charge on any atom is -0.336 e. The number of aromatic amines is 1. The largest absolute Gasteiger partial charge is 0.336 e. The molecule has 7 heteroatoms. The molecule has 5 rings (SSSR count). The zero-order chi connectivity index (χ0) is 21.5. The standard InChI is InChI=1S/C24H21FN4O2/c1-15-3-2-10-28(15)24(31)16-4-7-20(8-5-16)29-14-18(13-26-29)21-12-17-11-19(25)6-9-22(17)27-23(21)30/h4-9,11-15H,2-3,10H2,1H3,(H,27,30)/t15-/m1/s1. The Labute approximate surface area is 177 Å². The number of carbonyl (C=O) groups is 1. The second-order valence-electron chi connectivity index (χ2n) is 7.95. The first-order valence-corrected chi connectivity index (χ1v) is 10.3. The molecule has 0 radical (unpaired) electrons. The minimum absolute atomic E-state index is 0.0487. The van der Waals surface area contributed by atoms with Gasteiger partial charge in [0.25, 0.3) is 11.5 Å². The number of amides is 1. The van der Waals surface area contributed by atoms with E-state index in [9.17, 15) is 14.0 Å². The van der Waals surface area contributed by atoms with Crippen LogP contribution in [0.15, 0.2) is 65.7 Å². The maximum Gasteiger partial charge on any atom is 0.256 e. The lowest BCUT2D eigenvalue weighted by molar-refractivity contribution is 0.0747. The zero-order valence-electron chi connectivity index (χ0n) is 17.0. The van der Waals surface area contributed by atoms with Gasteiger partial charge in [-0.2, -0.15) is 5.10 Å². The van der Waals surface area contributed by atoms with E-state index in [1.54, 1.807) is 41.3 Å². The first-order valence-electron chi connectivity index (χ1n) is 10.3. The highest BCUT2D eigenvalue weighted by Gasteiger charge is 2.25. The van der Waals surface area contributed by atoms with Crippen LogP contribution < -0.4 is 5.56 Å². The molecule has 0 bridgehead atoms. The highest BCUT2D eigenvalue weighted by molar-refractivity contribution is 5.94. The van der Waals surface area contributed by atoms with Crippen LogP contribution in [0.25, 0.3) is 27.7 Å². The van der Waals surface area contributed by atoms with Crippen molar-refractivity contribution in [1.29, 1.82) is 0 Å². The molecule has 156 valence electrons. The van der Waals surface area contributed by atoms with Gasteiger partial charge >= 0.3 is 0 Å². The number of hydrogen-bond acceptors (Lipinski definition) is 3. The number of H-pyrrole nitrogens is 1. The van der Waals surface area contributed by atoms with Gasteiger partial charge in [0.15, 0.2) is 0 Å². The number of halogens is 1. The lowest BCUT2D eigenvalue weighted by Crippen LogP contribution is -2.33. The van der Waals surface area contributed by atoms with Crippen molar-refractivity contribution in [1.82, 2.24) is 19.7 Å².